The van der Waals surface area contributed by atoms with Gasteiger partial charge >= 0.3 is 18.1 Å². The summed E-state index contributed by atoms with van der Waals surface area (Å²) < 4.78 is 39.3. The van der Waals surface area contributed by atoms with E-state index in [1.807, 2.05) is 52.8 Å². The Morgan fingerprint density at radius 2 is 1.67 bits per heavy atom. The summed E-state index contributed by atoms with van der Waals surface area (Å²) in [5.41, 5.74) is 4.36. The van der Waals surface area contributed by atoms with Crippen LogP contribution in [0.2, 0.25) is 0 Å². The third-order valence-corrected chi connectivity index (χ3v) is 4.44. The number of fused-ring (bicyclic) bond motifs is 1. The van der Waals surface area contributed by atoms with Gasteiger partial charge in [-0.1, -0.05) is 12.1 Å². The molecule has 0 aliphatic carbocycles. The SMILES string of the molecule is Cc1ccc(-c2c(C(OC(C)(C)C)C(=O)O)cnc3ccnn23)cc1C.O=C(O)C(F)(F)F. The average molecular weight is 467 g/mol. The number of rotatable bonds is 4. The number of hydrogen-bond acceptors (Lipinski definition) is 5. The lowest BCUT2D eigenvalue weighted by molar-refractivity contribution is -0.192. The number of aromatic nitrogens is 3. The van der Waals surface area contributed by atoms with E-state index in [9.17, 15) is 23.1 Å². The minimum atomic E-state index is -5.08. The molecule has 0 aliphatic rings. The lowest BCUT2D eigenvalue weighted by Gasteiger charge is -2.26. The third kappa shape index (κ3) is 6.51. The molecule has 2 heterocycles. The van der Waals surface area contributed by atoms with E-state index in [1.165, 1.54) is 5.56 Å². The Hall–Kier alpha value is -3.47. The molecule has 0 bridgehead atoms. The Bertz CT molecular complexity index is 1170. The van der Waals surface area contributed by atoms with Crippen molar-refractivity contribution in [3.05, 3.63) is 53.3 Å². The van der Waals surface area contributed by atoms with E-state index >= 15 is 0 Å². The molecule has 2 N–H and O–H groups in total. The largest absolute Gasteiger partial charge is 0.490 e. The van der Waals surface area contributed by atoms with Crippen LogP contribution in [0.25, 0.3) is 16.9 Å². The number of alkyl halides is 3. The fraction of sp³-hybridized carbons (Fsp3) is 0.364. The summed E-state index contributed by atoms with van der Waals surface area (Å²) in [5, 5.41) is 21.3. The van der Waals surface area contributed by atoms with Crippen molar-refractivity contribution in [3.8, 4) is 11.3 Å². The van der Waals surface area contributed by atoms with Gasteiger partial charge in [0.05, 0.1) is 17.5 Å². The van der Waals surface area contributed by atoms with Gasteiger partial charge in [0.25, 0.3) is 0 Å². The second-order valence-corrected chi connectivity index (χ2v) is 8.21. The first-order chi connectivity index (χ1) is 15.1. The fourth-order valence-corrected chi connectivity index (χ4v) is 2.86. The number of carboxylic acid groups (broad SMARTS) is 2. The second-order valence-electron chi connectivity index (χ2n) is 8.21. The third-order valence-electron chi connectivity index (χ3n) is 4.44. The molecule has 1 aromatic carbocycles. The zero-order valence-corrected chi connectivity index (χ0v) is 18.6. The number of hydrogen-bond donors (Lipinski definition) is 2. The fourth-order valence-electron chi connectivity index (χ4n) is 2.86. The molecule has 178 valence electrons. The lowest BCUT2D eigenvalue weighted by Crippen LogP contribution is -2.28. The van der Waals surface area contributed by atoms with Gasteiger partial charge in [0.2, 0.25) is 0 Å². The van der Waals surface area contributed by atoms with Crippen molar-refractivity contribution in [2.75, 3.05) is 0 Å². The highest BCUT2D eigenvalue weighted by Gasteiger charge is 2.38. The maximum atomic E-state index is 12.0. The Balaban J connectivity index is 0.000000479. The normalized spacial score (nSPS) is 12.7. The minimum absolute atomic E-state index is 0.479. The molecule has 8 nitrogen and oxygen atoms in total. The molecule has 1 unspecified atom stereocenters. The lowest BCUT2D eigenvalue weighted by atomic mass is 9.98. The number of aryl methyl sites for hydroxylation is 2. The van der Waals surface area contributed by atoms with Crippen LogP contribution in [0.3, 0.4) is 0 Å². The zero-order chi connectivity index (χ0) is 25.1. The van der Waals surface area contributed by atoms with Gasteiger partial charge in [-0.05, 0) is 51.8 Å². The van der Waals surface area contributed by atoms with Crippen LogP contribution in [-0.2, 0) is 14.3 Å². The van der Waals surface area contributed by atoms with Crippen LogP contribution in [0, 0.1) is 13.8 Å². The highest BCUT2D eigenvalue weighted by molar-refractivity contribution is 5.79. The summed E-state index contributed by atoms with van der Waals surface area (Å²) in [5.74, 6) is -3.81. The van der Waals surface area contributed by atoms with Crippen LogP contribution in [0.5, 0.6) is 0 Å². The van der Waals surface area contributed by atoms with Gasteiger partial charge in [0.1, 0.15) is 0 Å². The van der Waals surface area contributed by atoms with Crippen molar-refractivity contribution in [1.29, 1.82) is 0 Å². The molecule has 0 saturated carbocycles. The van der Waals surface area contributed by atoms with Crippen molar-refractivity contribution in [2.24, 2.45) is 0 Å². The van der Waals surface area contributed by atoms with Crippen LogP contribution in [-0.4, -0.2) is 48.5 Å². The molecule has 0 saturated heterocycles. The Labute approximate surface area is 187 Å². The first-order valence-corrected chi connectivity index (χ1v) is 9.73. The summed E-state index contributed by atoms with van der Waals surface area (Å²) >= 11 is 0. The van der Waals surface area contributed by atoms with E-state index in [0.717, 1.165) is 11.1 Å². The van der Waals surface area contributed by atoms with E-state index in [1.54, 1.807) is 23.0 Å². The zero-order valence-electron chi connectivity index (χ0n) is 18.6. The molecular weight excluding hydrogens is 443 g/mol. The second kappa shape index (κ2) is 9.57. The van der Waals surface area contributed by atoms with E-state index in [2.05, 4.69) is 10.1 Å². The van der Waals surface area contributed by atoms with Gasteiger partial charge in [-0.15, -0.1) is 0 Å². The summed E-state index contributed by atoms with van der Waals surface area (Å²) in [7, 11) is 0. The molecular formula is C22H24F3N3O5. The maximum Gasteiger partial charge on any atom is 0.490 e. The molecule has 0 spiro atoms. The molecule has 0 fully saturated rings. The molecule has 0 radical (unpaired) electrons. The van der Waals surface area contributed by atoms with Gasteiger partial charge in [-0.25, -0.2) is 19.1 Å². The Morgan fingerprint density at radius 1 is 1.06 bits per heavy atom. The number of carbonyl (C=O) groups is 2. The first kappa shape index (κ1) is 25.8. The number of nitrogens with zero attached hydrogens (tertiary/aromatic N) is 3. The predicted octanol–water partition coefficient (Wildman–Crippen LogP) is 4.59. The number of carboxylic acids is 2. The van der Waals surface area contributed by atoms with Crippen LogP contribution < -0.4 is 0 Å². The summed E-state index contributed by atoms with van der Waals surface area (Å²) in [6.45, 7) is 9.56. The number of benzene rings is 1. The van der Waals surface area contributed by atoms with Crippen molar-refractivity contribution in [3.63, 3.8) is 0 Å². The van der Waals surface area contributed by atoms with E-state index in [0.29, 0.717) is 16.9 Å². The molecule has 2 aromatic heterocycles. The maximum absolute atomic E-state index is 12.0. The van der Waals surface area contributed by atoms with Crippen molar-refractivity contribution >= 4 is 17.6 Å². The minimum Gasteiger partial charge on any atom is -0.479 e. The van der Waals surface area contributed by atoms with Crippen molar-refractivity contribution < 1.29 is 37.7 Å². The van der Waals surface area contributed by atoms with Crippen LogP contribution in [0.1, 0.15) is 43.6 Å². The highest BCUT2D eigenvalue weighted by atomic mass is 19.4. The van der Waals surface area contributed by atoms with Crippen molar-refractivity contribution in [1.82, 2.24) is 14.6 Å². The molecule has 1 atom stereocenters. The topological polar surface area (TPSA) is 114 Å². The Morgan fingerprint density at radius 3 is 2.15 bits per heavy atom. The van der Waals surface area contributed by atoms with E-state index < -0.39 is 29.8 Å². The smallest absolute Gasteiger partial charge is 0.479 e. The summed E-state index contributed by atoms with van der Waals surface area (Å²) in [4.78, 5) is 25.2. The molecule has 0 amide bonds. The molecule has 0 aliphatic heterocycles. The van der Waals surface area contributed by atoms with Gasteiger partial charge in [-0.2, -0.15) is 18.3 Å². The number of aliphatic carboxylic acids is 2. The van der Waals surface area contributed by atoms with Gasteiger partial charge in [0, 0.05) is 23.4 Å². The first-order valence-electron chi connectivity index (χ1n) is 9.73. The quantitative estimate of drug-likeness (QED) is 0.577. The molecule has 11 heteroatoms. The molecule has 3 aromatic rings. The van der Waals surface area contributed by atoms with Crippen LogP contribution >= 0.6 is 0 Å². The van der Waals surface area contributed by atoms with Gasteiger partial charge in [0.15, 0.2) is 11.8 Å². The van der Waals surface area contributed by atoms with Crippen molar-refractivity contribution in [2.45, 2.75) is 52.5 Å². The average Bonchev–Trinajstić information content (AvgIpc) is 3.15. The standard InChI is InChI=1S/C20H23N3O3.C2HF3O2/c1-12-6-7-14(10-13(12)2)17-15(11-21-16-8-9-22-23(16)17)18(19(24)25)26-20(3,4)5;3-2(4,5)1(6)7/h6-11,18H,1-5H3,(H,24,25);(H,6,7). The predicted molar refractivity (Wildman–Crippen MR) is 113 cm³/mol. The molecule has 33 heavy (non-hydrogen) atoms. The van der Waals surface area contributed by atoms with E-state index in [4.69, 9.17) is 14.6 Å². The monoisotopic (exact) mass is 467 g/mol. The van der Waals surface area contributed by atoms with Crippen LogP contribution in [0.15, 0.2) is 36.7 Å². The van der Waals surface area contributed by atoms with E-state index in [-0.39, 0.29) is 0 Å². The summed E-state index contributed by atoms with van der Waals surface area (Å²) in [6, 6.07) is 7.81. The number of halogens is 3. The van der Waals surface area contributed by atoms with Gasteiger partial charge in [-0.3, -0.25) is 0 Å². The highest BCUT2D eigenvalue weighted by Crippen LogP contribution is 2.33. The number of ether oxygens (including phenoxy) is 1. The van der Waals surface area contributed by atoms with Gasteiger partial charge < -0.3 is 14.9 Å². The van der Waals surface area contributed by atoms with Crippen LogP contribution in [0.4, 0.5) is 13.2 Å². The molecule has 3 rings (SSSR count). The Kier molecular flexibility index (Phi) is 7.48. The summed E-state index contributed by atoms with van der Waals surface area (Å²) in [6.07, 6.45) is -3.00.